The molecule has 0 aliphatic carbocycles. The second kappa shape index (κ2) is 5.95. The molecular weight excluding hydrogens is 286 g/mol. The first-order valence-electron chi connectivity index (χ1n) is 5.90. The topological polar surface area (TPSA) is 123 Å². The van der Waals surface area contributed by atoms with E-state index in [1.165, 1.54) is 16.7 Å². The molecule has 1 saturated heterocycles. The molecule has 8 nitrogen and oxygen atoms in total. The van der Waals surface area contributed by atoms with E-state index in [4.69, 9.17) is 5.11 Å². The summed E-state index contributed by atoms with van der Waals surface area (Å²) in [4.78, 5) is 51.1. The second-order valence-corrected chi connectivity index (χ2v) is 5.46. The van der Waals surface area contributed by atoms with E-state index in [1.54, 1.807) is 0 Å². The van der Waals surface area contributed by atoms with Gasteiger partial charge < -0.3 is 15.0 Å². The van der Waals surface area contributed by atoms with Gasteiger partial charge in [-0.1, -0.05) is 0 Å². The van der Waals surface area contributed by atoms with Crippen LogP contribution in [0.15, 0.2) is 15.7 Å². The molecule has 3 N–H and O–H groups in total. The highest BCUT2D eigenvalue weighted by molar-refractivity contribution is 7.99. The molecule has 2 heterocycles. The number of aromatic nitrogens is 2. The monoisotopic (exact) mass is 299 g/mol. The minimum atomic E-state index is -1.05. The maximum absolute atomic E-state index is 12.1. The van der Waals surface area contributed by atoms with Crippen molar-refractivity contribution in [3.8, 4) is 0 Å². The minimum Gasteiger partial charge on any atom is -0.480 e. The minimum absolute atomic E-state index is 0.172. The van der Waals surface area contributed by atoms with Crippen molar-refractivity contribution in [3.63, 3.8) is 0 Å². The van der Waals surface area contributed by atoms with Crippen LogP contribution in [0.4, 0.5) is 0 Å². The van der Waals surface area contributed by atoms with Crippen molar-refractivity contribution < 1.29 is 14.7 Å². The van der Waals surface area contributed by atoms with Crippen LogP contribution in [0.3, 0.4) is 0 Å². The third kappa shape index (κ3) is 3.29. The lowest BCUT2D eigenvalue weighted by atomic mass is 10.2. The maximum Gasteiger partial charge on any atom is 0.327 e. The fourth-order valence-electron chi connectivity index (χ4n) is 1.99. The Balaban J connectivity index is 2.15. The number of hydrogen-bond donors (Lipinski definition) is 3. The van der Waals surface area contributed by atoms with E-state index >= 15 is 0 Å². The Bertz CT molecular complexity index is 609. The molecule has 0 radical (unpaired) electrons. The van der Waals surface area contributed by atoms with Gasteiger partial charge >= 0.3 is 11.7 Å². The number of nitrogens with one attached hydrogen (secondary N) is 2. The first-order chi connectivity index (χ1) is 9.47. The molecule has 20 heavy (non-hydrogen) atoms. The molecule has 9 heteroatoms. The summed E-state index contributed by atoms with van der Waals surface area (Å²) in [6.07, 6.45) is -0.201. The summed E-state index contributed by atoms with van der Waals surface area (Å²) in [6, 6.07) is 0.253. The highest BCUT2D eigenvalue weighted by Crippen LogP contribution is 2.17. The first-order valence-corrected chi connectivity index (χ1v) is 7.05. The zero-order valence-electron chi connectivity index (χ0n) is 10.4. The van der Waals surface area contributed by atoms with Gasteiger partial charge in [-0.2, -0.15) is 11.8 Å². The van der Waals surface area contributed by atoms with Gasteiger partial charge in [-0.3, -0.25) is 14.6 Å². The van der Waals surface area contributed by atoms with Crippen LogP contribution in [0, 0.1) is 0 Å². The molecule has 0 spiro atoms. The van der Waals surface area contributed by atoms with Crippen molar-refractivity contribution in [2.75, 3.05) is 18.1 Å². The van der Waals surface area contributed by atoms with Gasteiger partial charge in [-0.05, 0) is 0 Å². The number of carboxylic acid groups (broad SMARTS) is 1. The highest BCUT2D eigenvalue weighted by Gasteiger charge is 2.32. The van der Waals surface area contributed by atoms with E-state index in [-0.39, 0.29) is 12.1 Å². The van der Waals surface area contributed by atoms with Gasteiger partial charge in [-0.15, -0.1) is 0 Å². The zero-order chi connectivity index (χ0) is 14.7. The van der Waals surface area contributed by atoms with Crippen molar-refractivity contribution in [1.29, 1.82) is 0 Å². The fraction of sp³-hybridized carbons (Fsp3) is 0.455. The zero-order valence-corrected chi connectivity index (χ0v) is 11.2. The molecule has 1 fully saturated rings. The standard InChI is InChI=1S/C11H13N3O5S/c15-8-3-6(12-11(19)13-8)4-9(16)14-1-2-20-5-7(14)10(17)18/h3,7H,1-2,4-5H2,(H,17,18)(H2,12,13,15,19). The van der Waals surface area contributed by atoms with E-state index in [2.05, 4.69) is 4.98 Å². The number of thioether (sulfide) groups is 1. The van der Waals surface area contributed by atoms with Crippen LogP contribution in [-0.2, 0) is 16.0 Å². The van der Waals surface area contributed by atoms with Crippen LogP contribution >= 0.6 is 11.8 Å². The maximum atomic E-state index is 12.1. The summed E-state index contributed by atoms with van der Waals surface area (Å²) in [5, 5.41) is 9.09. The van der Waals surface area contributed by atoms with Crippen LogP contribution < -0.4 is 11.2 Å². The number of amides is 1. The van der Waals surface area contributed by atoms with Gasteiger partial charge in [0.2, 0.25) is 5.91 Å². The highest BCUT2D eigenvalue weighted by atomic mass is 32.2. The Hall–Kier alpha value is -2.03. The molecule has 1 aromatic heterocycles. The number of H-pyrrole nitrogens is 2. The van der Waals surface area contributed by atoms with Gasteiger partial charge in [-0.25, -0.2) is 9.59 Å². The SMILES string of the molecule is O=C(O)C1CSCCN1C(=O)Cc1cc(=O)[nH]c(=O)[nH]1. The molecule has 1 amide bonds. The number of hydrogen-bond acceptors (Lipinski definition) is 5. The Kier molecular flexibility index (Phi) is 4.28. The van der Waals surface area contributed by atoms with Gasteiger partial charge in [0.05, 0.1) is 6.42 Å². The lowest BCUT2D eigenvalue weighted by molar-refractivity contribution is -0.149. The van der Waals surface area contributed by atoms with Crippen molar-refractivity contribution in [2.24, 2.45) is 0 Å². The smallest absolute Gasteiger partial charge is 0.327 e. The summed E-state index contributed by atoms with van der Waals surface area (Å²) >= 11 is 1.48. The molecule has 1 unspecified atom stereocenters. The number of aromatic amines is 2. The van der Waals surface area contributed by atoms with Gasteiger partial charge in [0.1, 0.15) is 6.04 Å². The fourth-order valence-corrected chi connectivity index (χ4v) is 3.02. The molecular formula is C11H13N3O5S. The lowest BCUT2D eigenvalue weighted by Crippen LogP contribution is -2.51. The number of carbonyl (C=O) groups excluding carboxylic acids is 1. The summed E-state index contributed by atoms with van der Waals surface area (Å²) in [6.45, 7) is 0.341. The quantitative estimate of drug-likeness (QED) is 0.633. The molecule has 1 atom stereocenters. The molecule has 0 bridgehead atoms. The Morgan fingerprint density at radius 2 is 2.15 bits per heavy atom. The van der Waals surface area contributed by atoms with E-state index in [0.29, 0.717) is 18.1 Å². The summed E-state index contributed by atoms with van der Waals surface area (Å²) in [7, 11) is 0. The molecule has 108 valence electrons. The summed E-state index contributed by atoms with van der Waals surface area (Å²) in [5.41, 5.74) is -1.11. The molecule has 2 rings (SSSR count). The van der Waals surface area contributed by atoms with Gasteiger partial charge in [0, 0.05) is 29.8 Å². The average Bonchev–Trinajstić information content (AvgIpc) is 2.37. The predicted octanol–water partition coefficient (Wildman–Crippen LogP) is -1.37. The third-order valence-electron chi connectivity index (χ3n) is 2.89. The van der Waals surface area contributed by atoms with Gasteiger partial charge in [0.15, 0.2) is 0 Å². The normalized spacial score (nSPS) is 18.8. The van der Waals surface area contributed by atoms with Crippen LogP contribution in [0.2, 0.25) is 0 Å². The van der Waals surface area contributed by atoms with Crippen LogP contribution in [0.1, 0.15) is 5.69 Å². The lowest BCUT2D eigenvalue weighted by Gasteiger charge is -2.32. The van der Waals surface area contributed by atoms with Crippen molar-refractivity contribution >= 4 is 23.6 Å². The third-order valence-corrected chi connectivity index (χ3v) is 3.91. The van der Waals surface area contributed by atoms with Crippen LogP contribution in [-0.4, -0.2) is 55.9 Å². The van der Waals surface area contributed by atoms with Crippen LogP contribution in [0.25, 0.3) is 0 Å². The molecule has 0 aromatic carbocycles. The number of carboxylic acids is 1. The molecule has 1 aliphatic rings. The summed E-state index contributed by atoms with van der Waals surface area (Å²) in [5.74, 6) is -0.460. The van der Waals surface area contributed by atoms with E-state index < -0.39 is 29.2 Å². The Labute approximate surface area is 117 Å². The largest absolute Gasteiger partial charge is 0.480 e. The van der Waals surface area contributed by atoms with Crippen molar-refractivity contribution in [2.45, 2.75) is 12.5 Å². The van der Waals surface area contributed by atoms with E-state index in [9.17, 15) is 19.2 Å². The molecule has 1 aliphatic heterocycles. The Morgan fingerprint density at radius 3 is 2.80 bits per heavy atom. The second-order valence-electron chi connectivity index (χ2n) is 4.31. The van der Waals surface area contributed by atoms with Crippen LogP contribution in [0.5, 0.6) is 0 Å². The first kappa shape index (κ1) is 14.4. The number of rotatable bonds is 3. The number of nitrogens with zero attached hydrogens (tertiary/aromatic N) is 1. The number of carbonyl (C=O) groups is 2. The number of aliphatic carboxylic acids is 1. The van der Waals surface area contributed by atoms with E-state index in [0.717, 1.165) is 6.07 Å². The van der Waals surface area contributed by atoms with Crippen molar-refractivity contribution in [3.05, 3.63) is 32.6 Å². The van der Waals surface area contributed by atoms with E-state index in [1.807, 2.05) is 4.98 Å². The molecule has 0 saturated carbocycles. The summed E-state index contributed by atoms with van der Waals surface area (Å²) < 4.78 is 0. The Morgan fingerprint density at radius 1 is 1.40 bits per heavy atom. The average molecular weight is 299 g/mol. The van der Waals surface area contributed by atoms with Crippen molar-refractivity contribution in [1.82, 2.24) is 14.9 Å². The van der Waals surface area contributed by atoms with Gasteiger partial charge in [0.25, 0.3) is 5.56 Å². The predicted molar refractivity (Wildman–Crippen MR) is 71.8 cm³/mol. The molecule has 1 aromatic rings.